The number of esters is 2. The average Bonchev–Trinajstić information content (AvgIpc) is 2.50. The van der Waals surface area contributed by atoms with Gasteiger partial charge in [-0.25, -0.2) is 4.79 Å². The van der Waals surface area contributed by atoms with Gasteiger partial charge in [0.15, 0.2) is 0 Å². The normalized spacial score (nSPS) is 11.7. The lowest BCUT2D eigenvalue weighted by Gasteiger charge is -2.17. The van der Waals surface area contributed by atoms with E-state index < -0.39 is 0 Å². The molecule has 0 aliphatic carbocycles. The zero-order chi connectivity index (χ0) is 14.8. The second kappa shape index (κ2) is 9.13. The second-order valence-electron chi connectivity index (χ2n) is 4.57. The molecule has 1 rings (SSSR count). The van der Waals surface area contributed by atoms with E-state index in [1.807, 2.05) is 6.07 Å². The minimum atomic E-state index is -0.389. The predicted octanol–water partition coefficient (Wildman–Crippen LogP) is 3.36. The number of ether oxygens (including phenoxy) is 2. The maximum absolute atomic E-state index is 11.8. The van der Waals surface area contributed by atoms with Gasteiger partial charge >= 0.3 is 11.9 Å². The SMILES string of the molecule is CCCCC(COC(=O)c1ccccc1)OC(=O)CC. The highest BCUT2D eigenvalue weighted by molar-refractivity contribution is 5.89. The number of carbonyl (C=O) groups is 2. The van der Waals surface area contributed by atoms with Crippen molar-refractivity contribution in [1.29, 1.82) is 0 Å². The molecule has 1 unspecified atom stereocenters. The van der Waals surface area contributed by atoms with Gasteiger partial charge < -0.3 is 9.47 Å². The van der Waals surface area contributed by atoms with Crippen molar-refractivity contribution in [2.24, 2.45) is 0 Å². The molecule has 4 heteroatoms. The molecule has 110 valence electrons. The average molecular weight is 278 g/mol. The van der Waals surface area contributed by atoms with Crippen molar-refractivity contribution in [2.45, 2.75) is 45.6 Å². The first-order valence-corrected chi connectivity index (χ1v) is 7.09. The van der Waals surface area contributed by atoms with Crippen LogP contribution in [0.25, 0.3) is 0 Å². The highest BCUT2D eigenvalue weighted by atomic mass is 16.6. The van der Waals surface area contributed by atoms with Crippen molar-refractivity contribution in [1.82, 2.24) is 0 Å². The van der Waals surface area contributed by atoms with Gasteiger partial charge in [-0.15, -0.1) is 0 Å². The molecule has 0 saturated heterocycles. The van der Waals surface area contributed by atoms with Crippen LogP contribution in [0.2, 0.25) is 0 Å². The zero-order valence-electron chi connectivity index (χ0n) is 12.1. The van der Waals surface area contributed by atoms with Gasteiger partial charge in [-0.1, -0.05) is 38.5 Å². The molecule has 1 atom stereocenters. The van der Waals surface area contributed by atoms with E-state index >= 15 is 0 Å². The Morgan fingerprint density at radius 1 is 1.15 bits per heavy atom. The summed E-state index contributed by atoms with van der Waals surface area (Å²) in [7, 11) is 0. The lowest BCUT2D eigenvalue weighted by atomic mass is 10.1. The van der Waals surface area contributed by atoms with Gasteiger partial charge in [0.2, 0.25) is 0 Å². The molecule has 0 radical (unpaired) electrons. The van der Waals surface area contributed by atoms with Crippen LogP contribution in [0.15, 0.2) is 30.3 Å². The van der Waals surface area contributed by atoms with E-state index in [0.717, 1.165) is 12.8 Å². The third-order valence-electron chi connectivity index (χ3n) is 2.88. The smallest absolute Gasteiger partial charge is 0.338 e. The summed E-state index contributed by atoms with van der Waals surface area (Å²) in [6, 6.07) is 8.79. The highest BCUT2D eigenvalue weighted by Gasteiger charge is 2.16. The molecule has 1 aromatic rings. The minimum absolute atomic E-state index is 0.111. The summed E-state index contributed by atoms with van der Waals surface area (Å²) in [5.41, 5.74) is 0.503. The maximum Gasteiger partial charge on any atom is 0.338 e. The quantitative estimate of drug-likeness (QED) is 0.684. The van der Waals surface area contributed by atoms with Gasteiger partial charge in [0.05, 0.1) is 5.56 Å². The minimum Gasteiger partial charge on any atom is -0.459 e. The van der Waals surface area contributed by atoms with E-state index in [0.29, 0.717) is 18.4 Å². The van der Waals surface area contributed by atoms with Gasteiger partial charge in [-0.05, 0) is 25.0 Å². The second-order valence-corrected chi connectivity index (χ2v) is 4.57. The molecule has 20 heavy (non-hydrogen) atoms. The third-order valence-corrected chi connectivity index (χ3v) is 2.88. The van der Waals surface area contributed by atoms with E-state index in [-0.39, 0.29) is 24.6 Å². The van der Waals surface area contributed by atoms with E-state index in [1.165, 1.54) is 0 Å². The summed E-state index contributed by atoms with van der Waals surface area (Å²) in [6.45, 7) is 3.92. The molecule has 0 heterocycles. The summed E-state index contributed by atoms with van der Waals surface area (Å²) < 4.78 is 10.5. The Morgan fingerprint density at radius 2 is 1.85 bits per heavy atom. The van der Waals surface area contributed by atoms with Crippen LogP contribution in [0.4, 0.5) is 0 Å². The molecule has 0 N–H and O–H groups in total. The van der Waals surface area contributed by atoms with Crippen LogP contribution in [0.5, 0.6) is 0 Å². The first kappa shape index (κ1) is 16.2. The topological polar surface area (TPSA) is 52.6 Å². The molecule has 0 spiro atoms. The molecular weight excluding hydrogens is 256 g/mol. The Balaban J connectivity index is 2.48. The molecule has 0 aliphatic rings. The Labute approximate surface area is 120 Å². The van der Waals surface area contributed by atoms with Gasteiger partial charge in [-0.2, -0.15) is 0 Å². The van der Waals surface area contributed by atoms with Crippen LogP contribution in [-0.2, 0) is 14.3 Å². The number of rotatable bonds is 8. The van der Waals surface area contributed by atoms with Crippen molar-refractivity contribution in [2.75, 3.05) is 6.61 Å². The largest absolute Gasteiger partial charge is 0.459 e. The number of hydrogen-bond acceptors (Lipinski definition) is 4. The lowest BCUT2D eigenvalue weighted by Crippen LogP contribution is -2.25. The van der Waals surface area contributed by atoms with Crippen LogP contribution in [0.3, 0.4) is 0 Å². The molecule has 0 aromatic heterocycles. The maximum atomic E-state index is 11.8. The van der Waals surface area contributed by atoms with Crippen LogP contribution < -0.4 is 0 Å². The Bertz CT molecular complexity index is 414. The summed E-state index contributed by atoms with van der Waals surface area (Å²) >= 11 is 0. The fourth-order valence-corrected chi connectivity index (χ4v) is 1.70. The van der Waals surface area contributed by atoms with Crippen molar-refractivity contribution in [3.8, 4) is 0 Å². The molecule has 0 fully saturated rings. The fourth-order valence-electron chi connectivity index (χ4n) is 1.70. The van der Waals surface area contributed by atoms with Crippen molar-refractivity contribution < 1.29 is 19.1 Å². The Hall–Kier alpha value is -1.84. The molecule has 4 nitrogen and oxygen atoms in total. The van der Waals surface area contributed by atoms with Gasteiger partial charge in [0, 0.05) is 6.42 Å². The number of benzene rings is 1. The van der Waals surface area contributed by atoms with Crippen molar-refractivity contribution in [3.63, 3.8) is 0 Å². The van der Waals surface area contributed by atoms with Crippen LogP contribution in [0.1, 0.15) is 49.9 Å². The van der Waals surface area contributed by atoms with Gasteiger partial charge in [0.25, 0.3) is 0 Å². The fraction of sp³-hybridized carbons (Fsp3) is 0.500. The third kappa shape index (κ3) is 5.87. The van der Waals surface area contributed by atoms with Crippen LogP contribution in [0, 0.1) is 0 Å². The van der Waals surface area contributed by atoms with Crippen LogP contribution >= 0.6 is 0 Å². The summed E-state index contributed by atoms with van der Waals surface area (Å²) in [5.74, 6) is -0.651. The Kier molecular flexibility index (Phi) is 7.40. The molecule has 0 saturated carbocycles. The predicted molar refractivity (Wildman–Crippen MR) is 76.4 cm³/mol. The number of hydrogen-bond donors (Lipinski definition) is 0. The van der Waals surface area contributed by atoms with Gasteiger partial charge in [0.1, 0.15) is 12.7 Å². The highest BCUT2D eigenvalue weighted by Crippen LogP contribution is 2.09. The lowest BCUT2D eigenvalue weighted by molar-refractivity contribution is -0.151. The number of unbranched alkanes of at least 4 members (excludes halogenated alkanes) is 1. The van der Waals surface area contributed by atoms with Crippen molar-refractivity contribution >= 4 is 11.9 Å². The Morgan fingerprint density at radius 3 is 2.45 bits per heavy atom. The number of carbonyl (C=O) groups excluding carboxylic acids is 2. The molecule has 0 amide bonds. The first-order valence-electron chi connectivity index (χ1n) is 7.09. The summed E-state index contributed by atoms with van der Waals surface area (Å²) in [6.07, 6.45) is 2.63. The molecule has 1 aromatic carbocycles. The monoisotopic (exact) mass is 278 g/mol. The van der Waals surface area contributed by atoms with E-state index in [2.05, 4.69) is 6.92 Å². The summed E-state index contributed by atoms with van der Waals surface area (Å²) in [5, 5.41) is 0. The van der Waals surface area contributed by atoms with Crippen LogP contribution in [-0.4, -0.2) is 24.6 Å². The van der Waals surface area contributed by atoms with Gasteiger partial charge in [-0.3, -0.25) is 4.79 Å². The molecule has 0 aliphatic heterocycles. The van der Waals surface area contributed by atoms with E-state index in [4.69, 9.17) is 9.47 Å². The molecule has 0 bridgehead atoms. The molecular formula is C16H22O4. The van der Waals surface area contributed by atoms with E-state index in [9.17, 15) is 9.59 Å². The zero-order valence-corrected chi connectivity index (χ0v) is 12.1. The van der Waals surface area contributed by atoms with E-state index in [1.54, 1.807) is 31.2 Å². The van der Waals surface area contributed by atoms with Crippen molar-refractivity contribution in [3.05, 3.63) is 35.9 Å². The first-order chi connectivity index (χ1) is 9.67. The standard InChI is InChI=1S/C16H22O4/c1-3-5-11-14(20-15(17)4-2)12-19-16(18)13-9-7-6-8-10-13/h6-10,14H,3-5,11-12H2,1-2H3. The summed E-state index contributed by atoms with van der Waals surface area (Å²) in [4.78, 5) is 23.2.